The lowest BCUT2D eigenvalue weighted by atomic mass is 9.88. The Morgan fingerprint density at radius 2 is 2.35 bits per heavy atom. The van der Waals surface area contributed by atoms with Gasteiger partial charge in [0.25, 0.3) is 0 Å². The molecule has 106 valence electrons. The van der Waals surface area contributed by atoms with Crippen molar-refractivity contribution in [2.24, 2.45) is 11.8 Å². The molecule has 6 heteroatoms. The van der Waals surface area contributed by atoms with Crippen LogP contribution in [-0.4, -0.2) is 40.1 Å². The smallest absolute Gasteiger partial charge is 0.223 e. The summed E-state index contributed by atoms with van der Waals surface area (Å²) < 4.78 is 1.95. The Labute approximate surface area is 117 Å². The molecule has 0 radical (unpaired) electrons. The predicted octanol–water partition coefficient (Wildman–Crippen LogP) is 0.244. The van der Waals surface area contributed by atoms with Crippen LogP contribution in [-0.2, 0) is 11.2 Å². The molecule has 0 spiro atoms. The number of hydrogen-bond acceptors (Lipinski definition) is 4. The number of nitrogens with one attached hydrogen (secondary N) is 2. The Morgan fingerprint density at radius 1 is 1.50 bits per heavy atom. The second-order valence-corrected chi connectivity index (χ2v) is 5.29. The van der Waals surface area contributed by atoms with Gasteiger partial charge in [-0.2, -0.15) is 0 Å². The minimum Gasteiger partial charge on any atom is -0.355 e. The van der Waals surface area contributed by atoms with Crippen LogP contribution in [0.1, 0.15) is 12.7 Å². The number of nitrogens with zero attached hydrogens (tertiary/aromatic N) is 3. The second-order valence-electron chi connectivity index (χ2n) is 5.29. The Hall–Kier alpha value is -1.95. The highest BCUT2D eigenvalue weighted by molar-refractivity contribution is 5.78. The van der Waals surface area contributed by atoms with E-state index in [9.17, 15) is 4.79 Å². The van der Waals surface area contributed by atoms with Gasteiger partial charge in [-0.15, -0.1) is 10.2 Å². The first-order chi connectivity index (χ1) is 9.75. The summed E-state index contributed by atoms with van der Waals surface area (Å²) in [7, 11) is 0. The zero-order valence-electron chi connectivity index (χ0n) is 11.5. The molecule has 2 N–H and O–H groups in total. The van der Waals surface area contributed by atoms with Gasteiger partial charge in [-0.1, -0.05) is 13.0 Å². The topological polar surface area (TPSA) is 71.3 Å². The molecule has 3 heterocycles. The van der Waals surface area contributed by atoms with E-state index in [0.29, 0.717) is 18.9 Å². The highest BCUT2D eigenvalue weighted by Crippen LogP contribution is 2.15. The fourth-order valence-corrected chi connectivity index (χ4v) is 2.40. The SMILES string of the molecule is CC(C(=O)NCCc1nnc2ccccn12)C1CNC1. The monoisotopic (exact) mass is 273 g/mol. The molecular formula is C14H19N5O. The summed E-state index contributed by atoms with van der Waals surface area (Å²) in [5.41, 5.74) is 0.836. The van der Waals surface area contributed by atoms with Gasteiger partial charge in [-0.05, 0) is 31.1 Å². The number of carbonyl (C=O) groups is 1. The standard InChI is InChI=1S/C14H19N5O/c1-10(11-8-15-9-11)14(20)16-6-5-13-18-17-12-4-2-3-7-19(12)13/h2-4,7,10-11,15H,5-6,8-9H2,1H3,(H,16,20). The third kappa shape index (κ3) is 2.51. The summed E-state index contributed by atoms with van der Waals surface area (Å²) in [5, 5.41) is 14.4. The molecule has 1 fully saturated rings. The molecule has 1 atom stereocenters. The number of rotatable bonds is 5. The van der Waals surface area contributed by atoms with Crippen LogP contribution in [0.2, 0.25) is 0 Å². The van der Waals surface area contributed by atoms with Crippen LogP contribution in [0, 0.1) is 11.8 Å². The highest BCUT2D eigenvalue weighted by Gasteiger charge is 2.28. The number of amides is 1. The maximum atomic E-state index is 12.0. The number of carbonyl (C=O) groups excluding carboxylic acids is 1. The molecule has 1 aliphatic rings. The molecule has 2 aromatic heterocycles. The fraction of sp³-hybridized carbons (Fsp3) is 0.500. The predicted molar refractivity (Wildman–Crippen MR) is 75.2 cm³/mol. The average Bonchev–Trinajstić information content (AvgIpc) is 2.80. The van der Waals surface area contributed by atoms with Crippen molar-refractivity contribution in [1.29, 1.82) is 0 Å². The van der Waals surface area contributed by atoms with Crippen molar-refractivity contribution in [2.45, 2.75) is 13.3 Å². The summed E-state index contributed by atoms with van der Waals surface area (Å²) in [4.78, 5) is 12.0. The molecule has 20 heavy (non-hydrogen) atoms. The lowest BCUT2D eigenvalue weighted by molar-refractivity contribution is -0.126. The lowest BCUT2D eigenvalue weighted by Crippen LogP contribution is -2.49. The van der Waals surface area contributed by atoms with Crippen molar-refractivity contribution in [3.63, 3.8) is 0 Å². The molecule has 0 aliphatic carbocycles. The van der Waals surface area contributed by atoms with Gasteiger partial charge in [0, 0.05) is 25.1 Å². The molecule has 0 aromatic carbocycles. The maximum Gasteiger partial charge on any atom is 0.223 e. The largest absolute Gasteiger partial charge is 0.355 e. The van der Waals surface area contributed by atoms with Crippen LogP contribution < -0.4 is 10.6 Å². The molecule has 2 aromatic rings. The molecule has 1 saturated heterocycles. The van der Waals surface area contributed by atoms with E-state index in [4.69, 9.17) is 0 Å². The Bertz CT molecular complexity index is 604. The van der Waals surface area contributed by atoms with E-state index in [2.05, 4.69) is 20.8 Å². The van der Waals surface area contributed by atoms with Gasteiger partial charge in [-0.3, -0.25) is 9.20 Å². The van der Waals surface area contributed by atoms with Crippen LogP contribution in [0.4, 0.5) is 0 Å². The van der Waals surface area contributed by atoms with Crippen molar-refractivity contribution in [1.82, 2.24) is 25.2 Å². The van der Waals surface area contributed by atoms with Crippen LogP contribution in [0.5, 0.6) is 0 Å². The van der Waals surface area contributed by atoms with Crippen molar-refractivity contribution in [3.8, 4) is 0 Å². The Balaban J connectivity index is 1.53. The Kier molecular flexibility index (Phi) is 3.64. The van der Waals surface area contributed by atoms with Gasteiger partial charge in [0.2, 0.25) is 5.91 Å². The van der Waals surface area contributed by atoms with Crippen molar-refractivity contribution in [2.75, 3.05) is 19.6 Å². The summed E-state index contributed by atoms with van der Waals surface area (Å²) >= 11 is 0. The summed E-state index contributed by atoms with van der Waals surface area (Å²) in [5.74, 6) is 1.56. The van der Waals surface area contributed by atoms with Crippen LogP contribution in [0.25, 0.3) is 5.65 Å². The molecule has 1 amide bonds. The normalized spacial score (nSPS) is 16.9. The highest BCUT2D eigenvalue weighted by atomic mass is 16.1. The number of hydrogen-bond donors (Lipinski definition) is 2. The molecule has 3 rings (SSSR count). The molecular weight excluding hydrogens is 254 g/mol. The quantitative estimate of drug-likeness (QED) is 0.819. The van der Waals surface area contributed by atoms with E-state index in [1.165, 1.54) is 0 Å². The molecule has 6 nitrogen and oxygen atoms in total. The minimum atomic E-state index is 0.0754. The third-order valence-corrected chi connectivity index (χ3v) is 3.97. The average molecular weight is 273 g/mol. The Morgan fingerprint density at radius 3 is 3.10 bits per heavy atom. The molecule has 1 aliphatic heterocycles. The lowest BCUT2D eigenvalue weighted by Gasteiger charge is -2.31. The summed E-state index contributed by atoms with van der Waals surface area (Å²) in [6, 6.07) is 5.80. The number of pyridine rings is 1. The van der Waals surface area contributed by atoms with Gasteiger partial charge < -0.3 is 10.6 Å². The third-order valence-electron chi connectivity index (χ3n) is 3.97. The van der Waals surface area contributed by atoms with E-state index in [1.807, 2.05) is 35.7 Å². The van der Waals surface area contributed by atoms with Crippen molar-refractivity contribution in [3.05, 3.63) is 30.2 Å². The van der Waals surface area contributed by atoms with Crippen LogP contribution in [0.3, 0.4) is 0 Å². The minimum absolute atomic E-state index is 0.0754. The number of aromatic nitrogens is 3. The van der Waals surface area contributed by atoms with Gasteiger partial charge >= 0.3 is 0 Å². The van der Waals surface area contributed by atoms with E-state index in [0.717, 1.165) is 24.6 Å². The molecule has 0 bridgehead atoms. The summed E-state index contributed by atoms with van der Waals surface area (Å²) in [6.07, 6.45) is 2.63. The maximum absolute atomic E-state index is 12.0. The fourth-order valence-electron chi connectivity index (χ4n) is 2.40. The van der Waals surface area contributed by atoms with E-state index in [-0.39, 0.29) is 11.8 Å². The first-order valence-electron chi connectivity index (χ1n) is 7.03. The van der Waals surface area contributed by atoms with Gasteiger partial charge in [0.1, 0.15) is 5.82 Å². The van der Waals surface area contributed by atoms with E-state index in [1.54, 1.807) is 0 Å². The summed E-state index contributed by atoms with van der Waals surface area (Å²) in [6.45, 7) is 4.49. The molecule has 1 unspecified atom stereocenters. The van der Waals surface area contributed by atoms with Gasteiger partial charge in [-0.25, -0.2) is 0 Å². The van der Waals surface area contributed by atoms with Gasteiger partial charge in [0.05, 0.1) is 0 Å². The van der Waals surface area contributed by atoms with Crippen LogP contribution >= 0.6 is 0 Å². The van der Waals surface area contributed by atoms with Crippen molar-refractivity contribution >= 4 is 11.6 Å². The van der Waals surface area contributed by atoms with E-state index >= 15 is 0 Å². The first kappa shape index (κ1) is 13.1. The second kappa shape index (κ2) is 5.58. The first-order valence-corrected chi connectivity index (χ1v) is 7.03. The van der Waals surface area contributed by atoms with Gasteiger partial charge in [0.15, 0.2) is 5.65 Å². The van der Waals surface area contributed by atoms with Crippen molar-refractivity contribution < 1.29 is 4.79 Å². The molecule has 0 saturated carbocycles. The zero-order chi connectivity index (χ0) is 13.9. The zero-order valence-corrected chi connectivity index (χ0v) is 11.5. The van der Waals surface area contributed by atoms with E-state index < -0.39 is 0 Å². The number of fused-ring (bicyclic) bond motifs is 1. The van der Waals surface area contributed by atoms with Crippen LogP contribution in [0.15, 0.2) is 24.4 Å².